The number of hydrogen-bond donors (Lipinski definition) is 0. The highest BCUT2D eigenvalue weighted by atomic mass is 16.5. The van der Waals surface area contributed by atoms with E-state index in [2.05, 4.69) is 218 Å². The van der Waals surface area contributed by atoms with Crippen LogP contribution in [0.25, 0.3) is 78.4 Å². The zero-order valence-corrected chi connectivity index (χ0v) is 33.7. The first kappa shape index (κ1) is 35.8. The highest BCUT2D eigenvalue weighted by Crippen LogP contribution is 2.62. The smallest absolute Gasteiger partial charge is 0.160 e. The third kappa shape index (κ3) is 5.82. The van der Waals surface area contributed by atoms with Crippen LogP contribution in [0.2, 0.25) is 0 Å². The first-order valence-corrected chi connectivity index (χ1v) is 21.1. The van der Waals surface area contributed by atoms with Crippen molar-refractivity contribution in [1.29, 1.82) is 0 Å². The standard InChI is InChI=1S/C59H38N2O/c1-3-15-39(16-4-1)40-29-31-42(32-30-40)55-38-54(41-17-5-2-6-18-41)60-58(61-55)47-22-14-21-45(36-47)43-19-13-20-44(35-43)46-33-34-57-53(37-46)59(52-27-11-12-28-56(52)62-57)50-25-9-7-23-48(50)49-24-8-10-26-51(49)59/h1-38H. The van der Waals surface area contributed by atoms with Crippen LogP contribution in [0.4, 0.5) is 0 Å². The summed E-state index contributed by atoms with van der Waals surface area (Å²) in [5.41, 5.74) is 18.5. The van der Waals surface area contributed by atoms with Gasteiger partial charge in [0.1, 0.15) is 11.5 Å². The van der Waals surface area contributed by atoms with Crippen molar-refractivity contribution in [3.05, 3.63) is 253 Å². The summed E-state index contributed by atoms with van der Waals surface area (Å²) < 4.78 is 6.72. The molecule has 1 spiro atoms. The molecule has 9 aromatic carbocycles. The van der Waals surface area contributed by atoms with Gasteiger partial charge in [0.25, 0.3) is 0 Å². The summed E-state index contributed by atoms with van der Waals surface area (Å²) in [7, 11) is 0. The van der Waals surface area contributed by atoms with Gasteiger partial charge in [-0.2, -0.15) is 0 Å². The largest absolute Gasteiger partial charge is 0.457 e. The molecule has 0 radical (unpaired) electrons. The average Bonchev–Trinajstić information content (AvgIpc) is 3.65. The molecule has 62 heavy (non-hydrogen) atoms. The molecule has 0 unspecified atom stereocenters. The third-order valence-electron chi connectivity index (χ3n) is 12.6. The van der Waals surface area contributed by atoms with E-state index >= 15 is 0 Å². The van der Waals surface area contributed by atoms with E-state index in [-0.39, 0.29) is 0 Å². The topological polar surface area (TPSA) is 35.0 Å². The van der Waals surface area contributed by atoms with Crippen molar-refractivity contribution < 1.29 is 4.74 Å². The van der Waals surface area contributed by atoms with E-state index in [9.17, 15) is 0 Å². The molecular formula is C59H38N2O. The molecule has 0 fully saturated rings. The lowest BCUT2D eigenvalue weighted by Gasteiger charge is -2.39. The van der Waals surface area contributed by atoms with Gasteiger partial charge in [0.15, 0.2) is 5.82 Å². The zero-order chi connectivity index (χ0) is 41.0. The quantitative estimate of drug-likeness (QED) is 0.168. The van der Waals surface area contributed by atoms with Crippen molar-refractivity contribution in [2.45, 2.75) is 5.41 Å². The Kier molecular flexibility index (Phi) is 8.39. The lowest BCUT2D eigenvalue weighted by Crippen LogP contribution is -2.32. The maximum atomic E-state index is 6.72. The van der Waals surface area contributed by atoms with E-state index < -0.39 is 5.41 Å². The first-order chi connectivity index (χ1) is 30.7. The monoisotopic (exact) mass is 790 g/mol. The summed E-state index contributed by atoms with van der Waals surface area (Å²) in [6, 6.07) is 82.0. The lowest BCUT2D eigenvalue weighted by atomic mass is 9.66. The van der Waals surface area contributed by atoms with E-state index in [0.29, 0.717) is 5.82 Å². The Bertz CT molecular complexity index is 3270. The molecule has 0 N–H and O–H groups in total. The van der Waals surface area contributed by atoms with Crippen molar-refractivity contribution in [3.63, 3.8) is 0 Å². The molecule has 10 aromatic rings. The van der Waals surface area contributed by atoms with Crippen molar-refractivity contribution in [2.75, 3.05) is 0 Å². The number of fused-ring (bicyclic) bond motifs is 9. The highest BCUT2D eigenvalue weighted by Gasteiger charge is 2.51. The maximum Gasteiger partial charge on any atom is 0.160 e. The van der Waals surface area contributed by atoms with Gasteiger partial charge in [-0.25, -0.2) is 9.97 Å². The summed E-state index contributed by atoms with van der Waals surface area (Å²) >= 11 is 0. The van der Waals surface area contributed by atoms with E-state index in [1.807, 2.05) is 12.1 Å². The minimum atomic E-state index is -0.517. The molecule has 0 saturated carbocycles. The number of para-hydroxylation sites is 1. The molecule has 2 heterocycles. The molecule has 0 bridgehead atoms. The zero-order valence-electron chi connectivity index (χ0n) is 33.7. The molecule has 1 aromatic heterocycles. The van der Waals surface area contributed by atoms with E-state index in [1.165, 1.54) is 38.9 Å². The molecule has 290 valence electrons. The molecule has 3 nitrogen and oxygen atoms in total. The number of nitrogens with zero attached hydrogens (tertiary/aromatic N) is 2. The summed E-state index contributed by atoms with van der Waals surface area (Å²) in [5.74, 6) is 2.46. The van der Waals surface area contributed by atoms with Crippen LogP contribution < -0.4 is 4.74 Å². The van der Waals surface area contributed by atoms with Crippen LogP contribution in [0.1, 0.15) is 22.3 Å². The number of ether oxygens (including phenoxy) is 1. The Labute approximate surface area is 361 Å². The summed E-state index contributed by atoms with van der Waals surface area (Å²) in [4.78, 5) is 10.4. The fourth-order valence-corrected chi connectivity index (χ4v) is 9.70. The molecule has 0 amide bonds. The van der Waals surface area contributed by atoms with Crippen molar-refractivity contribution in [3.8, 4) is 89.9 Å². The highest BCUT2D eigenvalue weighted by molar-refractivity contribution is 5.89. The minimum absolute atomic E-state index is 0.517. The van der Waals surface area contributed by atoms with Gasteiger partial charge < -0.3 is 4.74 Å². The Morgan fingerprint density at radius 1 is 0.274 bits per heavy atom. The minimum Gasteiger partial charge on any atom is -0.457 e. The summed E-state index contributed by atoms with van der Waals surface area (Å²) in [6.07, 6.45) is 0. The van der Waals surface area contributed by atoms with Gasteiger partial charge in [0.2, 0.25) is 0 Å². The maximum absolute atomic E-state index is 6.72. The predicted molar refractivity (Wildman–Crippen MR) is 252 cm³/mol. The van der Waals surface area contributed by atoms with Gasteiger partial charge in [-0.3, -0.25) is 0 Å². The van der Waals surface area contributed by atoms with Crippen molar-refractivity contribution >= 4 is 0 Å². The van der Waals surface area contributed by atoms with E-state index in [1.54, 1.807) is 0 Å². The second-order valence-corrected chi connectivity index (χ2v) is 16.1. The molecule has 0 saturated heterocycles. The first-order valence-electron chi connectivity index (χ1n) is 21.1. The van der Waals surface area contributed by atoms with Crippen LogP contribution in [0.15, 0.2) is 231 Å². The summed E-state index contributed by atoms with van der Waals surface area (Å²) in [5, 5.41) is 0. The lowest BCUT2D eigenvalue weighted by molar-refractivity contribution is 0.436. The third-order valence-corrected chi connectivity index (χ3v) is 12.6. The number of aromatic nitrogens is 2. The van der Waals surface area contributed by atoms with Gasteiger partial charge in [0, 0.05) is 27.8 Å². The van der Waals surface area contributed by atoms with Crippen LogP contribution in [-0.4, -0.2) is 9.97 Å². The van der Waals surface area contributed by atoms with E-state index in [0.717, 1.165) is 67.4 Å². The molecule has 1 aliphatic carbocycles. The second-order valence-electron chi connectivity index (χ2n) is 16.1. The molecule has 0 atom stereocenters. The second kappa shape index (κ2) is 14.5. The normalized spacial score (nSPS) is 12.8. The molecule has 3 heteroatoms. The fraction of sp³-hybridized carbons (Fsp3) is 0.0169. The van der Waals surface area contributed by atoms with Crippen molar-refractivity contribution in [2.24, 2.45) is 0 Å². The van der Waals surface area contributed by atoms with Gasteiger partial charge in [-0.05, 0) is 92.0 Å². The van der Waals surface area contributed by atoms with Crippen LogP contribution in [0.3, 0.4) is 0 Å². The Morgan fingerprint density at radius 2 is 0.694 bits per heavy atom. The predicted octanol–water partition coefficient (Wildman–Crippen LogP) is 14.9. The van der Waals surface area contributed by atoms with Crippen LogP contribution >= 0.6 is 0 Å². The molecule has 1 aliphatic heterocycles. The van der Waals surface area contributed by atoms with Crippen LogP contribution in [-0.2, 0) is 5.41 Å². The SMILES string of the molecule is c1ccc(-c2ccc(-c3cc(-c4ccccc4)nc(-c4cccc(-c5cccc(-c6ccc7c(c6)C6(c8ccccc8O7)c7ccccc7-c7ccccc76)c5)c4)n3)cc2)cc1. The molecular weight excluding hydrogens is 753 g/mol. The van der Waals surface area contributed by atoms with Gasteiger partial charge >= 0.3 is 0 Å². The van der Waals surface area contributed by atoms with Crippen LogP contribution in [0, 0.1) is 0 Å². The van der Waals surface area contributed by atoms with Gasteiger partial charge in [0.05, 0.1) is 16.8 Å². The van der Waals surface area contributed by atoms with Gasteiger partial charge in [-0.1, -0.05) is 194 Å². The number of benzene rings is 9. The van der Waals surface area contributed by atoms with Crippen molar-refractivity contribution in [1.82, 2.24) is 9.97 Å². The molecule has 2 aliphatic rings. The average molecular weight is 791 g/mol. The Hall–Kier alpha value is -8.14. The Morgan fingerprint density at radius 3 is 1.34 bits per heavy atom. The van der Waals surface area contributed by atoms with Crippen LogP contribution in [0.5, 0.6) is 11.5 Å². The summed E-state index contributed by atoms with van der Waals surface area (Å²) in [6.45, 7) is 0. The van der Waals surface area contributed by atoms with Gasteiger partial charge in [-0.15, -0.1) is 0 Å². The molecule has 12 rings (SSSR count). The number of hydrogen-bond acceptors (Lipinski definition) is 3. The Balaban J connectivity index is 0.943. The van der Waals surface area contributed by atoms with E-state index in [4.69, 9.17) is 14.7 Å². The number of rotatable bonds is 6. The fourth-order valence-electron chi connectivity index (χ4n) is 9.70.